The lowest BCUT2D eigenvalue weighted by atomic mass is 9.99. The van der Waals surface area contributed by atoms with Crippen molar-refractivity contribution in [3.8, 4) is 11.1 Å². The number of halogens is 2. The second-order valence-electron chi connectivity index (χ2n) is 9.23. The van der Waals surface area contributed by atoms with Gasteiger partial charge in [0.15, 0.2) is 6.61 Å². The van der Waals surface area contributed by atoms with E-state index in [9.17, 15) is 23.3 Å². The van der Waals surface area contributed by atoms with Crippen LogP contribution in [-0.4, -0.2) is 64.4 Å². The van der Waals surface area contributed by atoms with Gasteiger partial charge in [-0.1, -0.05) is 35.9 Å². The molecule has 0 saturated carbocycles. The molecule has 0 bridgehead atoms. The fourth-order valence-corrected chi connectivity index (χ4v) is 4.85. The van der Waals surface area contributed by atoms with Gasteiger partial charge in [0.05, 0.1) is 12.6 Å². The Morgan fingerprint density at radius 2 is 1.76 bits per heavy atom. The van der Waals surface area contributed by atoms with Crippen molar-refractivity contribution >= 4 is 37.0 Å². The first-order chi connectivity index (χ1) is 18.0. The van der Waals surface area contributed by atoms with Crippen molar-refractivity contribution in [1.82, 2.24) is 10.2 Å². The second kappa shape index (κ2) is 13.8. The lowest BCUT2D eigenvalue weighted by molar-refractivity contribution is -0.152. The fraction of sp³-hybridized carbons (Fsp3) is 0.423. The molecule has 1 atom stereocenters. The minimum atomic E-state index is -4.37. The zero-order valence-electron chi connectivity index (χ0n) is 20.8. The molecule has 2 amide bonds. The summed E-state index contributed by atoms with van der Waals surface area (Å²) in [5, 5.41) is 3.02. The molecule has 1 heterocycles. The van der Waals surface area contributed by atoms with Crippen molar-refractivity contribution in [2.45, 2.75) is 44.6 Å². The number of carbonyl (C=O) groups excluding carboxylic acids is 3. The van der Waals surface area contributed by atoms with E-state index in [1.54, 1.807) is 29.2 Å². The third-order valence-electron chi connectivity index (χ3n) is 6.15. The SMILES string of the molecule is O=C(CCP(=O)(O)O)N[C@@H](CC(=O)OCC(=O)N1CCCCC1)Cc1ccc(-c2cc(Cl)ccc2F)cc1. The van der Waals surface area contributed by atoms with E-state index < -0.39 is 50.5 Å². The summed E-state index contributed by atoms with van der Waals surface area (Å²) in [6, 6.07) is 10.3. The standard InChI is InChI=1S/C26H31ClFN2O7P/c27-20-8-9-23(28)22(15-20)19-6-4-18(5-7-19)14-21(29-24(31)10-13-38(34,35)36)16-26(33)37-17-25(32)30-11-2-1-3-12-30/h4-9,15,21H,1-3,10-14,16-17H2,(H,29,31)(H2,34,35,36)/t21-/m1/s1. The molecule has 3 rings (SSSR count). The summed E-state index contributed by atoms with van der Waals surface area (Å²) in [7, 11) is -4.37. The van der Waals surface area contributed by atoms with Crippen molar-refractivity contribution in [2.24, 2.45) is 0 Å². The van der Waals surface area contributed by atoms with Crippen LogP contribution in [0.5, 0.6) is 0 Å². The van der Waals surface area contributed by atoms with E-state index >= 15 is 0 Å². The van der Waals surface area contributed by atoms with Gasteiger partial charge in [0.2, 0.25) is 5.91 Å². The minimum Gasteiger partial charge on any atom is -0.456 e. The monoisotopic (exact) mass is 568 g/mol. The van der Waals surface area contributed by atoms with Crippen LogP contribution in [0.25, 0.3) is 11.1 Å². The Morgan fingerprint density at radius 3 is 2.42 bits per heavy atom. The lowest BCUT2D eigenvalue weighted by Gasteiger charge is -2.26. The van der Waals surface area contributed by atoms with Crippen LogP contribution in [0, 0.1) is 5.82 Å². The lowest BCUT2D eigenvalue weighted by Crippen LogP contribution is -2.40. The van der Waals surface area contributed by atoms with E-state index in [1.807, 2.05) is 0 Å². The average molecular weight is 569 g/mol. The first kappa shape index (κ1) is 29.8. The summed E-state index contributed by atoms with van der Waals surface area (Å²) in [5.74, 6) is -2.02. The highest BCUT2D eigenvalue weighted by Gasteiger charge is 2.23. The summed E-state index contributed by atoms with van der Waals surface area (Å²) in [5.41, 5.74) is 1.63. The van der Waals surface area contributed by atoms with Crippen LogP contribution in [0.15, 0.2) is 42.5 Å². The van der Waals surface area contributed by atoms with Gasteiger partial charge in [-0.25, -0.2) is 4.39 Å². The van der Waals surface area contributed by atoms with E-state index in [1.165, 1.54) is 18.2 Å². The molecule has 38 heavy (non-hydrogen) atoms. The van der Waals surface area contributed by atoms with Gasteiger partial charge in [-0.15, -0.1) is 0 Å². The molecule has 9 nitrogen and oxygen atoms in total. The number of benzene rings is 2. The van der Waals surface area contributed by atoms with Crippen LogP contribution in [0.3, 0.4) is 0 Å². The Kier molecular flexibility index (Phi) is 10.8. The first-order valence-electron chi connectivity index (χ1n) is 12.3. The Morgan fingerprint density at radius 1 is 1.08 bits per heavy atom. The molecule has 3 N–H and O–H groups in total. The molecule has 1 aliphatic heterocycles. The number of likely N-dealkylation sites (tertiary alicyclic amines) is 1. The van der Waals surface area contributed by atoms with Gasteiger partial charge in [0.25, 0.3) is 5.91 Å². The number of hydrogen-bond donors (Lipinski definition) is 3. The maximum absolute atomic E-state index is 14.2. The Balaban J connectivity index is 1.65. The second-order valence-corrected chi connectivity index (χ2v) is 11.4. The van der Waals surface area contributed by atoms with Crippen molar-refractivity contribution in [3.63, 3.8) is 0 Å². The van der Waals surface area contributed by atoms with Crippen LogP contribution >= 0.6 is 19.2 Å². The maximum atomic E-state index is 14.2. The van der Waals surface area contributed by atoms with Crippen molar-refractivity contribution in [2.75, 3.05) is 25.9 Å². The summed E-state index contributed by atoms with van der Waals surface area (Å²) in [6.07, 6.45) is 1.77. The average Bonchev–Trinajstić information content (AvgIpc) is 2.88. The van der Waals surface area contributed by atoms with Gasteiger partial charge >= 0.3 is 13.6 Å². The summed E-state index contributed by atoms with van der Waals surface area (Å²) in [4.78, 5) is 56.9. The number of rotatable bonds is 11. The Labute approximate surface area is 225 Å². The van der Waals surface area contributed by atoms with Gasteiger partial charge < -0.3 is 24.7 Å². The fourth-order valence-electron chi connectivity index (χ4n) is 4.18. The number of ether oxygens (including phenoxy) is 1. The third kappa shape index (κ3) is 9.83. The Bertz CT molecular complexity index is 1180. The number of piperidine rings is 1. The maximum Gasteiger partial charge on any atom is 0.326 e. The number of carbonyl (C=O) groups is 3. The molecular formula is C26H31ClFN2O7P. The van der Waals surface area contributed by atoms with Crippen LogP contribution in [0.1, 0.15) is 37.7 Å². The predicted octanol–water partition coefficient (Wildman–Crippen LogP) is 3.69. The molecule has 206 valence electrons. The van der Waals surface area contributed by atoms with Crippen LogP contribution in [-0.2, 0) is 30.1 Å². The highest BCUT2D eigenvalue weighted by Crippen LogP contribution is 2.34. The summed E-state index contributed by atoms with van der Waals surface area (Å²) < 4.78 is 30.5. The van der Waals surface area contributed by atoms with Crippen LogP contribution in [0.2, 0.25) is 5.02 Å². The molecule has 0 unspecified atom stereocenters. The molecule has 1 fully saturated rings. The minimum absolute atomic E-state index is 0.190. The number of nitrogens with one attached hydrogen (secondary N) is 1. The first-order valence-corrected chi connectivity index (χ1v) is 14.5. The molecule has 1 aliphatic rings. The number of amides is 2. The summed E-state index contributed by atoms with van der Waals surface area (Å²) >= 11 is 5.98. The van der Waals surface area contributed by atoms with Gasteiger partial charge in [0.1, 0.15) is 5.82 Å². The molecule has 0 aliphatic carbocycles. The molecule has 2 aromatic rings. The Hall–Kier alpha value is -2.78. The van der Waals surface area contributed by atoms with Crippen molar-refractivity contribution in [1.29, 1.82) is 0 Å². The highest BCUT2D eigenvalue weighted by molar-refractivity contribution is 7.51. The third-order valence-corrected chi connectivity index (χ3v) is 7.19. The van der Waals surface area contributed by atoms with Gasteiger partial charge in [0, 0.05) is 36.1 Å². The quantitative estimate of drug-likeness (QED) is 0.278. The molecule has 2 aromatic carbocycles. The van der Waals surface area contributed by atoms with Gasteiger partial charge in [-0.3, -0.25) is 18.9 Å². The molecule has 0 aromatic heterocycles. The van der Waals surface area contributed by atoms with E-state index in [4.69, 9.17) is 26.1 Å². The number of hydrogen-bond acceptors (Lipinski definition) is 5. The van der Waals surface area contributed by atoms with E-state index in [2.05, 4.69) is 5.32 Å². The van der Waals surface area contributed by atoms with Crippen LogP contribution < -0.4 is 5.32 Å². The summed E-state index contributed by atoms with van der Waals surface area (Å²) in [6.45, 7) is 0.866. The number of esters is 1. The van der Waals surface area contributed by atoms with Gasteiger partial charge in [-0.05, 0) is 55.0 Å². The smallest absolute Gasteiger partial charge is 0.326 e. The van der Waals surface area contributed by atoms with E-state index in [0.29, 0.717) is 34.8 Å². The largest absolute Gasteiger partial charge is 0.456 e. The van der Waals surface area contributed by atoms with E-state index in [-0.39, 0.29) is 18.7 Å². The normalized spacial score (nSPS) is 14.6. The molecule has 12 heteroatoms. The topological polar surface area (TPSA) is 133 Å². The van der Waals surface area contributed by atoms with Crippen LogP contribution in [0.4, 0.5) is 4.39 Å². The molecular weight excluding hydrogens is 538 g/mol. The predicted molar refractivity (Wildman–Crippen MR) is 140 cm³/mol. The van der Waals surface area contributed by atoms with Gasteiger partial charge in [-0.2, -0.15) is 0 Å². The zero-order valence-corrected chi connectivity index (χ0v) is 22.4. The molecule has 0 spiro atoms. The van der Waals surface area contributed by atoms with Crippen molar-refractivity contribution < 1.29 is 37.9 Å². The van der Waals surface area contributed by atoms with E-state index in [0.717, 1.165) is 19.3 Å². The molecule has 0 radical (unpaired) electrons. The molecule has 1 saturated heterocycles. The number of nitrogens with zero attached hydrogens (tertiary/aromatic N) is 1. The zero-order chi connectivity index (χ0) is 27.7. The van der Waals surface area contributed by atoms with Crippen molar-refractivity contribution in [3.05, 3.63) is 58.9 Å². The highest BCUT2D eigenvalue weighted by atomic mass is 35.5.